The lowest BCUT2D eigenvalue weighted by Gasteiger charge is -2.15. The van der Waals surface area contributed by atoms with Crippen molar-refractivity contribution >= 4 is 10.8 Å². The van der Waals surface area contributed by atoms with Gasteiger partial charge in [-0.1, -0.05) is 36.4 Å². The summed E-state index contributed by atoms with van der Waals surface area (Å²) in [6, 6.07) is 15.5. The molecule has 0 amide bonds. The standard InChI is InChI=1S/C18H17NO2/c1-12-17(14-6-4-3-5-7-14)16-10-13(11-20)8-9-15(16)18(21)19(12)2/h3-10,20H,11H2,1-2H3. The first-order valence-electron chi connectivity index (χ1n) is 6.92. The fourth-order valence-electron chi connectivity index (χ4n) is 2.75. The van der Waals surface area contributed by atoms with Crippen LogP contribution in [0.5, 0.6) is 0 Å². The van der Waals surface area contributed by atoms with Gasteiger partial charge in [-0.2, -0.15) is 0 Å². The zero-order valence-electron chi connectivity index (χ0n) is 12.1. The third-order valence-electron chi connectivity index (χ3n) is 4.00. The molecule has 3 aromatic rings. The first kappa shape index (κ1) is 13.6. The maximum atomic E-state index is 12.4. The van der Waals surface area contributed by atoms with Gasteiger partial charge in [0.15, 0.2) is 0 Å². The normalized spacial score (nSPS) is 11.0. The van der Waals surface area contributed by atoms with E-state index in [-0.39, 0.29) is 12.2 Å². The first-order valence-corrected chi connectivity index (χ1v) is 6.92. The van der Waals surface area contributed by atoms with Gasteiger partial charge in [-0.3, -0.25) is 4.79 Å². The average molecular weight is 279 g/mol. The molecule has 21 heavy (non-hydrogen) atoms. The van der Waals surface area contributed by atoms with E-state index in [1.165, 1.54) is 0 Å². The molecule has 3 rings (SSSR count). The van der Waals surface area contributed by atoms with Crippen molar-refractivity contribution in [1.82, 2.24) is 4.57 Å². The predicted octanol–water partition coefficient (Wildman–Crippen LogP) is 3.01. The minimum Gasteiger partial charge on any atom is -0.392 e. The Morgan fingerprint density at radius 2 is 1.76 bits per heavy atom. The number of aliphatic hydroxyl groups excluding tert-OH is 1. The molecule has 106 valence electrons. The molecule has 3 heteroatoms. The van der Waals surface area contributed by atoms with Gasteiger partial charge < -0.3 is 9.67 Å². The molecule has 1 N–H and O–H groups in total. The molecule has 0 aliphatic rings. The van der Waals surface area contributed by atoms with Crippen molar-refractivity contribution in [2.24, 2.45) is 7.05 Å². The van der Waals surface area contributed by atoms with E-state index in [4.69, 9.17) is 0 Å². The summed E-state index contributed by atoms with van der Waals surface area (Å²) in [5.41, 5.74) is 3.85. The SMILES string of the molecule is Cc1c(-c2ccccc2)c2cc(CO)ccc2c(=O)n1C. The number of hydrogen-bond donors (Lipinski definition) is 1. The summed E-state index contributed by atoms with van der Waals surface area (Å²) in [5.74, 6) is 0. The highest BCUT2D eigenvalue weighted by molar-refractivity contribution is 5.97. The number of rotatable bonds is 2. The molecule has 2 aromatic carbocycles. The van der Waals surface area contributed by atoms with Crippen LogP contribution in [0.1, 0.15) is 11.3 Å². The third kappa shape index (κ3) is 2.16. The van der Waals surface area contributed by atoms with E-state index in [1.807, 2.05) is 43.3 Å². The minimum absolute atomic E-state index is 0.00771. The predicted molar refractivity (Wildman–Crippen MR) is 85.3 cm³/mol. The molecular formula is C18H17NO2. The number of fused-ring (bicyclic) bond motifs is 1. The zero-order valence-corrected chi connectivity index (χ0v) is 12.1. The quantitative estimate of drug-likeness (QED) is 0.783. The lowest BCUT2D eigenvalue weighted by Crippen LogP contribution is -2.20. The van der Waals surface area contributed by atoms with E-state index in [9.17, 15) is 9.90 Å². The largest absolute Gasteiger partial charge is 0.392 e. The maximum Gasteiger partial charge on any atom is 0.258 e. The number of benzene rings is 2. The molecule has 0 bridgehead atoms. The second kappa shape index (κ2) is 5.19. The summed E-state index contributed by atoms with van der Waals surface area (Å²) < 4.78 is 1.68. The molecule has 1 aromatic heterocycles. The Morgan fingerprint density at radius 1 is 1.05 bits per heavy atom. The van der Waals surface area contributed by atoms with Crippen LogP contribution in [-0.4, -0.2) is 9.67 Å². The first-order chi connectivity index (χ1) is 10.1. The Labute approximate surface area is 123 Å². The topological polar surface area (TPSA) is 42.2 Å². The molecule has 0 fully saturated rings. The van der Waals surface area contributed by atoms with E-state index in [0.29, 0.717) is 5.39 Å². The Bertz CT molecular complexity index is 864. The molecule has 0 aliphatic heterocycles. The minimum atomic E-state index is -0.0293. The molecule has 0 unspecified atom stereocenters. The Kier molecular flexibility index (Phi) is 3.35. The summed E-state index contributed by atoms with van der Waals surface area (Å²) >= 11 is 0. The lowest BCUT2D eigenvalue weighted by atomic mass is 9.96. The molecule has 0 saturated heterocycles. The van der Waals surface area contributed by atoms with E-state index in [1.54, 1.807) is 23.7 Å². The van der Waals surface area contributed by atoms with Crippen molar-refractivity contribution in [3.8, 4) is 11.1 Å². The van der Waals surface area contributed by atoms with Crippen LogP contribution in [0.15, 0.2) is 53.3 Å². The summed E-state index contributed by atoms with van der Waals surface area (Å²) in [4.78, 5) is 12.4. The van der Waals surface area contributed by atoms with E-state index in [0.717, 1.165) is 27.8 Å². The van der Waals surface area contributed by atoms with Crippen molar-refractivity contribution < 1.29 is 5.11 Å². The fraction of sp³-hybridized carbons (Fsp3) is 0.167. The Morgan fingerprint density at radius 3 is 2.43 bits per heavy atom. The smallest absolute Gasteiger partial charge is 0.258 e. The van der Waals surface area contributed by atoms with E-state index >= 15 is 0 Å². The highest BCUT2D eigenvalue weighted by Gasteiger charge is 2.13. The van der Waals surface area contributed by atoms with Gasteiger partial charge >= 0.3 is 0 Å². The molecule has 0 saturated carbocycles. The second-order valence-corrected chi connectivity index (χ2v) is 5.23. The van der Waals surface area contributed by atoms with Gasteiger partial charge in [0, 0.05) is 23.7 Å². The zero-order chi connectivity index (χ0) is 15.0. The molecule has 3 nitrogen and oxygen atoms in total. The molecule has 0 aliphatic carbocycles. The van der Waals surface area contributed by atoms with Crippen LogP contribution in [0.4, 0.5) is 0 Å². The van der Waals surface area contributed by atoms with Crippen LogP contribution in [0.3, 0.4) is 0 Å². The number of aromatic nitrogens is 1. The number of aliphatic hydroxyl groups is 1. The molecule has 1 heterocycles. The number of nitrogens with zero attached hydrogens (tertiary/aromatic N) is 1. The summed E-state index contributed by atoms with van der Waals surface area (Å²) in [6.45, 7) is 1.92. The number of hydrogen-bond acceptors (Lipinski definition) is 2. The summed E-state index contributed by atoms with van der Waals surface area (Å²) in [6.07, 6.45) is 0. The van der Waals surface area contributed by atoms with Gasteiger partial charge in [0.05, 0.1) is 6.61 Å². The molecule has 0 atom stereocenters. The summed E-state index contributed by atoms with van der Waals surface area (Å²) in [5, 5.41) is 10.9. The van der Waals surface area contributed by atoms with Crippen molar-refractivity contribution in [2.75, 3.05) is 0 Å². The van der Waals surface area contributed by atoms with Crippen molar-refractivity contribution in [3.05, 3.63) is 70.1 Å². The van der Waals surface area contributed by atoms with Gasteiger partial charge in [0.25, 0.3) is 5.56 Å². The molecule has 0 radical (unpaired) electrons. The molecule has 0 spiro atoms. The lowest BCUT2D eigenvalue weighted by molar-refractivity contribution is 0.282. The molecular weight excluding hydrogens is 262 g/mol. The van der Waals surface area contributed by atoms with Gasteiger partial charge in [-0.25, -0.2) is 0 Å². The highest BCUT2D eigenvalue weighted by Crippen LogP contribution is 2.30. The van der Waals surface area contributed by atoms with Crippen LogP contribution in [-0.2, 0) is 13.7 Å². The highest BCUT2D eigenvalue weighted by atomic mass is 16.3. The Hall–Kier alpha value is -2.39. The average Bonchev–Trinajstić information content (AvgIpc) is 2.53. The van der Waals surface area contributed by atoms with Crippen molar-refractivity contribution in [1.29, 1.82) is 0 Å². The maximum absolute atomic E-state index is 12.4. The third-order valence-corrected chi connectivity index (χ3v) is 4.00. The van der Waals surface area contributed by atoms with Crippen molar-refractivity contribution in [3.63, 3.8) is 0 Å². The van der Waals surface area contributed by atoms with Crippen LogP contribution in [0.2, 0.25) is 0 Å². The van der Waals surface area contributed by atoms with Crippen LogP contribution in [0, 0.1) is 6.92 Å². The van der Waals surface area contributed by atoms with Crippen LogP contribution >= 0.6 is 0 Å². The van der Waals surface area contributed by atoms with Gasteiger partial charge in [0.1, 0.15) is 0 Å². The van der Waals surface area contributed by atoms with Gasteiger partial charge in [-0.15, -0.1) is 0 Å². The Balaban J connectivity index is 2.49. The van der Waals surface area contributed by atoms with E-state index in [2.05, 4.69) is 0 Å². The fourth-order valence-corrected chi connectivity index (χ4v) is 2.75. The number of pyridine rings is 1. The van der Waals surface area contributed by atoms with Crippen LogP contribution in [0.25, 0.3) is 21.9 Å². The van der Waals surface area contributed by atoms with Crippen molar-refractivity contribution in [2.45, 2.75) is 13.5 Å². The summed E-state index contributed by atoms with van der Waals surface area (Å²) in [7, 11) is 1.80. The monoisotopic (exact) mass is 279 g/mol. The van der Waals surface area contributed by atoms with Gasteiger partial charge in [-0.05, 0) is 35.6 Å². The second-order valence-electron chi connectivity index (χ2n) is 5.23. The van der Waals surface area contributed by atoms with E-state index < -0.39 is 0 Å². The van der Waals surface area contributed by atoms with Crippen LogP contribution < -0.4 is 5.56 Å². The van der Waals surface area contributed by atoms with Gasteiger partial charge in [0.2, 0.25) is 0 Å².